The molecule has 0 aliphatic heterocycles. The van der Waals surface area contributed by atoms with Crippen LogP contribution in [0.5, 0.6) is 0 Å². The van der Waals surface area contributed by atoms with Crippen molar-refractivity contribution in [1.29, 1.82) is 0 Å². The van der Waals surface area contributed by atoms with Crippen molar-refractivity contribution in [3.63, 3.8) is 0 Å². The van der Waals surface area contributed by atoms with Crippen molar-refractivity contribution in [1.82, 2.24) is 5.32 Å². The molecule has 0 fully saturated rings. The summed E-state index contributed by atoms with van der Waals surface area (Å²) in [5.74, 6) is -0.582. The van der Waals surface area contributed by atoms with Crippen LogP contribution in [0.2, 0.25) is 0 Å². The summed E-state index contributed by atoms with van der Waals surface area (Å²) in [6.07, 6.45) is 1.24. The van der Waals surface area contributed by atoms with Gasteiger partial charge in [-0.05, 0) is 30.2 Å². The Balaban J connectivity index is 2.61. The third-order valence-corrected chi connectivity index (χ3v) is 2.69. The Bertz CT molecular complexity index is 438. The number of oxime groups is 1. The molecule has 6 heteroatoms. The highest BCUT2D eigenvalue weighted by atomic mass is 19.1. The zero-order valence-electron chi connectivity index (χ0n) is 10.9. The third-order valence-electron chi connectivity index (χ3n) is 2.69. The second kappa shape index (κ2) is 7.70. The van der Waals surface area contributed by atoms with E-state index in [0.29, 0.717) is 24.2 Å². The van der Waals surface area contributed by atoms with Gasteiger partial charge in [-0.25, -0.2) is 4.39 Å². The lowest BCUT2D eigenvalue weighted by atomic mass is 10.1. The summed E-state index contributed by atoms with van der Waals surface area (Å²) in [6.45, 7) is 2.85. The molecule has 1 aromatic rings. The molecule has 5 nitrogen and oxygen atoms in total. The van der Waals surface area contributed by atoms with Gasteiger partial charge in [-0.15, -0.1) is 0 Å². The van der Waals surface area contributed by atoms with Crippen LogP contribution in [0.3, 0.4) is 0 Å². The summed E-state index contributed by atoms with van der Waals surface area (Å²) in [5.41, 5.74) is 6.42. The first-order chi connectivity index (χ1) is 9.06. The Kier molecular flexibility index (Phi) is 6.24. The lowest BCUT2D eigenvalue weighted by Crippen LogP contribution is -2.26. The Morgan fingerprint density at radius 2 is 2.21 bits per heavy atom. The van der Waals surface area contributed by atoms with Gasteiger partial charge in [-0.2, -0.15) is 0 Å². The quantitative estimate of drug-likeness (QED) is 0.259. The number of aliphatic hydroxyl groups is 1. The molecule has 106 valence electrons. The molecule has 1 atom stereocenters. The van der Waals surface area contributed by atoms with E-state index in [2.05, 4.69) is 10.5 Å². The van der Waals surface area contributed by atoms with Crippen molar-refractivity contribution < 1.29 is 14.7 Å². The number of nitrogens with zero attached hydrogens (tertiary/aromatic N) is 1. The van der Waals surface area contributed by atoms with E-state index in [-0.39, 0.29) is 5.84 Å². The Morgan fingerprint density at radius 3 is 2.84 bits per heavy atom. The van der Waals surface area contributed by atoms with Crippen molar-refractivity contribution in [2.75, 3.05) is 6.54 Å². The molecule has 1 unspecified atom stereocenters. The van der Waals surface area contributed by atoms with E-state index in [4.69, 9.17) is 10.9 Å². The molecule has 1 rings (SSSR count). The fraction of sp³-hybridized carbons (Fsp3) is 0.462. The predicted octanol–water partition coefficient (Wildman–Crippen LogP) is 1.17. The molecule has 0 spiro atoms. The van der Waals surface area contributed by atoms with Crippen LogP contribution in [0, 0.1) is 5.82 Å². The van der Waals surface area contributed by atoms with Crippen molar-refractivity contribution in [2.45, 2.75) is 32.4 Å². The van der Waals surface area contributed by atoms with Crippen LogP contribution in [0.25, 0.3) is 0 Å². The first-order valence-corrected chi connectivity index (χ1v) is 6.23. The molecule has 1 aromatic carbocycles. The number of halogens is 1. The van der Waals surface area contributed by atoms with E-state index in [1.54, 1.807) is 6.07 Å². The second-order valence-corrected chi connectivity index (χ2v) is 4.41. The highest BCUT2D eigenvalue weighted by molar-refractivity contribution is 5.97. The normalized spacial score (nSPS) is 13.5. The summed E-state index contributed by atoms with van der Waals surface area (Å²) < 4.78 is 13.4. The van der Waals surface area contributed by atoms with Crippen LogP contribution in [-0.4, -0.2) is 28.8 Å². The van der Waals surface area contributed by atoms with E-state index in [9.17, 15) is 9.50 Å². The predicted molar refractivity (Wildman–Crippen MR) is 71.5 cm³/mol. The number of nitrogens with two attached hydrogens (primary N) is 1. The van der Waals surface area contributed by atoms with Crippen LogP contribution in [0.1, 0.15) is 30.9 Å². The number of aliphatic hydroxyl groups excluding tert-OH is 1. The maximum Gasteiger partial charge on any atom is 0.170 e. The van der Waals surface area contributed by atoms with Gasteiger partial charge in [0.15, 0.2) is 5.84 Å². The van der Waals surface area contributed by atoms with E-state index in [0.717, 1.165) is 12.8 Å². The van der Waals surface area contributed by atoms with Crippen LogP contribution in [0.4, 0.5) is 4.39 Å². The van der Waals surface area contributed by atoms with Crippen LogP contribution < -0.4 is 11.1 Å². The number of hydrogen-bond donors (Lipinski definition) is 4. The largest absolute Gasteiger partial charge is 0.409 e. The molecule has 0 aromatic heterocycles. The Morgan fingerprint density at radius 1 is 1.47 bits per heavy atom. The average Bonchev–Trinajstić information content (AvgIpc) is 2.37. The summed E-state index contributed by atoms with van der Waals surface area (Å²) in [5, 5.41) is 24.0. The summed E-state index contributed by atoms with van der Waals surface area (Å²) in [6, 6.07) is 4.20. The zero-order chi connectivity index (χ0) is 14.3. The molecular weight excluding hydrogens is 249 g/mol. The van der Waals surface area contributed by atoms with Gasteiger partial charge < -0.3 is 21.4 Å². The summed E-state index contributed by atoms with van der Waals surface area (Å²) in [4.78, 5) is 0. The van der Waals surface area contributed by atoms with Gasteiger partial charge in [0.1, 0.15) is 5.82 Å². The number of benzene rings is 1. The van der Waals surface area contributed by atoms with Gasteiger partial charge in [-0.1, -0.05) is 18.5 Å². The Labute approximate surface area is 111 Å². The minimum Gasteiger partial charge on any atom is -0.409 e. The van der Waals surface area contributed by atoms with Gasteiger partial charge in [0, 0.05) is 18.7 Å². The molecule has 0 saturated heterocycles. The molecule has 0 radical (unpaired) electrons. The number of rotatable bonds is 7. The standard InChI is InChI=1S/C13H20FN3O2/c1-2-3-12(18)8-16-7-9-4-10(13(15)17-19)6-11(14)5-9/h4-6,12,16,18-19H,2-3,7-8H2,1H3,(H2,15,17). The van der Waals surface area contributed by atoms with E-state index >= 15 is 0 Å². The van der Waals surface area contributed by atoms with Crippen LogP contribution >= 0.6 is 0 Å². The molecule has 0 saturated carbocycles. The van der Waals surface area contributed by atoms with Gasteiger partial charge in [0.2, 0.25) is 0 Å². The first kappa shape index (κ1) is 15.4. The second-order valence-electron chi connectivity index (χ2n) is 4.41. The maximum atomic E-state index is 13.4. The molecule has 5 N–H and O–H groups in total. The number of hydrogen-bond acceptors (Lipinski definition) is 4. The minimum atomic E-state index is -0.449. The van der Waals surface area contributed by atoms with Gasteiger partial charge in [0.25, 0.3) is 0 Å². The van der Waals surface area contributed by atoms with Gasteiger partial charge in [0.05, 0.1) is 6.10 Å². The van der Waals surface area contributed by atoms with Crippen LogP contribution in [-0.2, 0) is 6.54 Å². The SMILES string of the molecule is CCCC(O)CNCc1cc(F)cc(/C(N)=N/O)c1. The van der Waals surface area contributed by atoms with E-state index in [1.807, 2.05) is 6.92 Å². The van der Waals surface area contributed by atoms with Crippen molar-refractivity contribution >= 4 is 5.84 Å². The highest BCUT2D eigenvalue weighted by Crippen LogP contribution is 2.09. The smallest absolute Gasteiger partial charge is 0.170 e. The maximum absolute atomic E-state index is 13.4. The molecule has 0 amide bonds. The topological polar surface area (TPSA) is 90.9 Å². The monoisotopic (exact) mass is 269 g/mol. The molecule has 0 bridgehead atoms. The number of amidine groups is 1. The van der Waals surface area contributed by atoms with Crippen molar-refractivity contribution in [3.05, 3.63) is 35.1 Å². The summed E-state index contributed by atoms with van der Waals surface area (Å²) >= 11 is 0. The molecule has 19 heavy (non-hydrogen) atoms. The Hall–Kier alpha value is -1.66. The van der Waals surface area contributed by atoms with Crippen molar-refractivity contribution in [3.8, 4) is 0 Å². The lowest BCUT2D eigenvalue weighted by molar-refractivity contribution is 0.160. The third kappa shape index (κ3) is 5.23. The fourth-order valence-electron chi connectivity index (χ4n) is 1.78. The van der Waals surface area contributed by atoms with Gasteiger partial charge >= 0.3 is 0 Å². The molecule has 0 aliphatic carbocycles. The van der Waals surface area contributed by atoms with Crippen molar-refractivity contribution in [2.24, 2.45) is 10.9 Å². The highest BCUT2D eigenvalue weighted by Gasteiger charge is 2.06. The zero-order valence-corrected chi connectivity index (χ0v) is 10.9. The summed E-state index contributed by atoms with van der Waals surface area (Å²) in [7, 11) is 0. The van der Waals surface area contributed by atoms with Crippen LogP contribution in [0.15, 0.2) is 23.4 Å². The fourth-order valence-corrected chi connectivity index (χ4v) is 1.78. The molecule has 0 heterocycles. The number of nitrogens with one attached hydrogen (secondary N) is 1. The van der Waals surface area contributed by atoms with E-state index < -0.39 is 11.9 Å². The minimum absolute atomic E-state index is 0.133. The van der Waals surface area contributed by atoms with Gasteiger partial charge in [-0.3, -0.25) is 0 Å². The lowest BCUT2D eigenvalue weighted by Gasteiger charge is -2.11. The van der Waals surface area contributed by atoms with E-state index in [1.165, 1.54) is 12.1 Å². The molecule has 0 aliphatic rings. The first-order valence-electron chi connectivity index (χ1n) is 6.23. The molecular formula is C13H20FN3O2. The average molecular weight is 269 g/mol.